The van der Waals surface area contributed by atoms with Gasteiger partial charge in [0.2, 0.25) is 0 Å². The van der Waals surface area contributed by atoms with E-state index in [1.165, 1.54) is 11.8 Å². The van der Waals surface area contributed by atoms with Crippen molar-refractivity contribution in [2.24, 2.45) is 0 Å². The minimum Gasteiger partial charge on any atom is -0.467 e. The molecule has 2 aromatic rings. The predicted octanol–water partition coefficient (Wildman–Crippen LogP) is 1.78. The van der Waals surface area contributed by atoms with E-state index in [0.717, 1.165) is 0 Å². The average Bonchev–Trinajstić information content (AvgIpc) is 3.21. The highest BCUT2D eigenvalue weighted by atomic mass is 16.5. The summed E-state index contributed by atoms with van der Waals surface area (Å²) in [6.07, 6.45) is 1.51. The number of esters is 1. The lowest BCUT2D eigenvalue weighted by molar-refractivity contribution is -0.686. The average molecular weight is 370 g/mol. The second-order valence-electron chi connectivity index (χ2n) is 6.30. The van der Waals surface area contributed by atoms with Gasteiger partial charge in [-0.1, -0.05) is 30.3 Å². The molecule has 27 heavy (non-hydrogen) atoms. The first-order chi connectivity index (χ1) is 13.1. The minimum atomic E-state index is -0.678. The van der Waals surface area contributed by atoms with Crippen molar-refractivity contribution in [3.8, 4) is 0 Å². The minimum absolute atomic E-state index is 0.163. The third kappa shape index (κ3) is 4.38. The van der Waals surface area contributed by atoms with Crippen LogP contribution in [-0.2, 0) is 9.53 Å². The Morgan fingerprint density at radius 2 is 2.04 bits per heavy atom. The summed E-state index contributed by atoms with van der Waals surface area (Å²) in [6.45, 7) is 4.50. The molecule has 0 unspecified atom stereocenters. The largest absolute Gasteiger partial charge is 0.467 e. The van der Waals surface area contributed by atoms with Crippen molar-refractivity contribution < 1.29 is 24.1 Å². The van der Waals surface area contributed by atoms with E-state index in [-0.39, 0.29) is 18.7 Å². The van der Waals surface area contributed by atoms with Gasteiger partial charge in [-0.05, 0) is 26.0 Å². The zero-order valence-electron chi connectivity index (χ0n) is 15.4. The lowest BCUT2D eigenvalue weighted by Crippen LogP contribution is -2.86. The molecule has 1 aliphatic heterocycles. The Bertz CT molecular complexity index is 815. The monoisotopic (exact) mass is 370 g/mol. The number of nitrogens with one attached hydrogen (secondary N) is 2. The number of furan rings is 1. The van der Waals surface area contributed by atoms with Crippen LogP contribution in [0, 0.1) is 0 Å². The van der Waals surface area contributed by atoms with Crippen molar-refractivity contribution in [1.82, 2.24) is 10.6 Å². The molecule has 4 N–H and O–H groups in total. The van der Waals surface area contributed by atoms with Gasteiger partial charge in [0.15, 0.2) is 0 Å². The van der Waals surface area contributed by atoms with Gasteiger partial charge in [0.25, 0.3) is 0 Å². The van der Waals surface area contributed by atoms with E-state index < -0.39 is 12.0 Å². The fraction of sp³-hybridized carbons (Fsp3) is 0.300. The zero-order chi connectivity index (χ0) is 19.2. The Morgan fingerprint density at radius 1 is 1.26 bits per heavy atom. The van der Waals surface area contributed by atoms with Gasteiger partial charge in [-0.15, -0.1) is 0 Å². The van der Waals surface area contributed by atoms with Gasteiger partial charge < -0.3 is 25.1 Å². The summed E-state index contributed by atoms with van der Waals surface area (Å²) in [5.74, 6) is 0.0173. The number of urea groups is 1. The van der Waals surface area contributed by atoms with E-state index in [0.29, 0.717) is 23.6 Å². The van der Waals surface area contributed by atoms with E-state index in [1.54, 1.807) is 19.1 Å². The SMILES string of the molecule is CCOC(=O)C1=C(C[NH2+][C@@H](C)c2ccccc2)NC(=O)N[C@H]1c1ccco1. The predicted molar refractivity (Wildman–Crippen MR) is 98.4 cm³/mol. The summed E-state index contributed by atoms with van der Waals surface area (Å²) in [6, 6.07) is 12.6. The van der Waals surface area contributed by atoms with Gasteiger partial charge in [-0.2, -0.15) is 0 Å². The third-order valence-corrected chi connectivity index (χ3v) is 4.48. The lowest BCUT2D eigenvalue weighted by Gasteiger charge is -2.27. The molecule has 0 aliphatic carbocycles. The van der Waals surface area contributed by atoms with Crippen LogP contribution >= 0.6 is 0 Å². The Balaban J connectivity index is 1.87. The number of quaternary nitrogens is 1. The highest BCUT2D eigenvalue weighted by Crippen LogP contribution is 2.27. The summed E-state index contributed by atoms with van der Waals surface area (Å²) in [5.41, 5.74) is 2.06. The first-order valence-corrected chi connectivity index (χ1v) is 8.99. The zero-order valence-corrected chi connectivity index (χ0v) is 15.4. The number of nitrogens with two attached hydrogens (primary N) is 1. The molecule has 7 nitrogen and oxygen atoms in total. The fourth-order valence-corrected chi connectivity index (χ4v) is 3.09. The van der Waals surface area contributed by atoms with Crippen LogP contribution in [0.25, 0.3) is 0 Å². The molecule has 0 spiro atoms. The lowest BCUT2D eigenvalue weighted by atomic mass is 9.99. The summed E-state index contributed by atoms with van der Waals surface area (Å²) < 4.78 is 10.7. The first kappa shape index (κ1) is 18.7. The molecule has 2 atom stereocenters. The quantitative estimate of drug-likeness (QED) is 0.647. The van der Waals surface area contributed by atoms with E-state index in [9.17, 15) is 9.59 Å². The maximum Gasteiger partial charge on any atom is 0.338 e. The number of hydrogen-bond donors (Lipinski definition) is 3. The van der Waals surface area contributed by atoms with Crippen LogP contribution in [0.1, 0.15) is 37.3 Å². The molecule has 0 radical (unpaired) electrons. The second-order valence-corrected chi connectivity index (χ2v) is 6.30. The number of hydrogen-bond acceptors (Lipinski definition) is 4. The molecule has 142 valence electrons. The standard InChI is InChI=1S/C20H23N3O4/c1-3-26-19(24)17-15(12-21-13(2)14-8-5-4-6-9-14)22-20(25)23-18(17)16-10-7-11-27-16/h4-11,13,18,21H,3,12H2,1-2H3,(H2,22,23,25)/p+1/t13-,18-/m0/s1. The molecule has 0 fully saturated rings. The molecule has 0 saturated heterocycles. The summed E-state index contributed by atoms with van der Waals surface area (Å²) >= 11 is 0. The van der Waals surface area contributed by atoms with Crippen LogP contribution in [0.15, 0.2) is 64.4 Å². The fourth-order valence-electron chi connectivity index (χ4n) is 3.09. The molecular formula is C20H24N3O4+. The third-order valence-electron chi connectivity index (χ3n) is 4.48. The van der Waals surface area contributed by atoms with E-state index in [4.69, 9.17) is 9.15 Å². The molecule has 2 heterocycles. The van der Waals surface area contributed by atoms with Crippen molar-refractivity contribution >= 4 is 12.0 Å². The van der Waals surface area contributed by atoms with Crippen LogP contribution in [0.4, 0.5) is 4.79 Å². The van der Waals surface area contributed by atoms with Crippen LogP contribution < -0.4 is 16.0 Å². The Labute approximate surface area is 157 Å². The van der Waals surface area contributed by atoms with E-state index in [2.05, 4.69) is 35.0 Å². The van der Waals surface area contributed by atoms with E-state index >= 15 is 0 Å². The molecule has 7 heteroatoms. The number of rotatable bonds is 7. The number of ether oxygens (including phenoxy) is 1. The molecule has 1 aromatic heterocycles. The maximum absolute atomic E-state index is 12.6. The topological polar surface area (TPSA) is 97.2 Å². The van der Waals surface area contributed by atoms with Gasteiger partial charge in [-0.25, -0.2) is 9.59 Å². The first-order valence-electron chi connectivity index (χ1n) is 8.99. The molecule has 1 aromatic carbocycles. The number of benzene rings is 1. The molecule has 0 saturated carbocycles. The van der Waals surface area contributed by atoms with Gasteiger partial charge in [0.1, 0.15) is 24.4 Å². The second kappa shape index (κ2) is 8.55. The van der Waals surface area contributed by atoms with E-state index in [1.807, 2.05) is 18.2 Å². The van der Waals surface area contributed by atoms with Crippen LogP contribution in [-0.4, -0.2) is 25.2 Å². The Hall–Kier alpha value is -3.06. The number of amides is 2. The van der Waals surface area contributed by atoms with Gasteiger partial charge >= 0.3 is 12.0 Å². The number of carbonyl (C=O) groups is 2. The van der Waals surface area contributed by atoms with Gasteiger partial charge in [0.05, 0.1) is 24.1 Å². The molecule has 0 bridgehead atoms. The number of carbonyl (C=O) groups excluding carboxylic acids is 2. The normalized spacial score (nSPS) is 17.9. The smallest absolute Gasteiger partial charge is 0.338 e. The molecule has 1 aliphatic rings. The van der Waals surface area contributed by atoms with Crippen molar-refractivity contribution in [3.05, 3.63) is 71.3 Å². The van der Waals surface area contributed by atoms with Crippen molar-refractivity contribution in [3.63, 3.8) is 0 Å². The van der Waals surface area contributed by atoms with Gasteiger partial charge in [0, 0.05) is 5.56 Å². The summed E-state index contributed by atoms with van der Waals surface area (Å²) in [7, 11) is 0. The maximum atomic E-state index is 12.6. The van der Waals surface area contributed by atoms with Crippen molar-refractivity contribution in [2.75, 3.05) is 13.2 Å². The Kier molecular flexibility index (Phi) is 5.93. The summed E-state index contributed by atoms with van der Waals surface area (Å²) in [5, 5.41) is 7.57. The molecule has 3 rings (SSSR count). The summed E-state index contributed by atoms with van der Waals surface area (Å²) in [4.78, 5) is 24.8. The van der Waals surface area contributed by atoms with Crippen LogP contribution in [0.5, 0.6) is 0 Å². The molecule has 2 amide bonds. The van der Waals surface area contributed by atoms with Crippen molar-refractivity contribution in [1.29, 1.82) is 0 Å². The Morgan fingerprint density at radius 3 is 2.70 bits per heavy atom. The van der Waals surface area contributed by atoms with Gasteiger partial charge in [-0.3, -0.25) is 0 Å². The van der Waals surface area contributed by atoms with Crippen LogP contribution in [0.2, 0.25) is 0 Å². The highest BCUT2D eigenvalue weighted by Gasteiger charge is 2.36. The van der Waals surface area contributed by atoms with Crippen LogP contribution in [0.3, 0.4) is 0 Å². The highest BCUT2D eigenvalue weighted by molar-refractivity contribution is 5.95. The molecular weight excluding hydrogens is 346 g/mol. The van der Waals surface area contributed by atoms with Crippen molar-refractivity contribution in [2.45, 2.75) is 25.9 Å².